The largest absolute Gasteiger partial charge is 0.447 e. The average Bonchev–Trinajstić information content (AvgIpc) is 3.06. The van der Waals surface area contributed by atoms with Gasteiger partial charge in [0.2, 0.25) is 5.91 Å². The molecular weight excluding hydrogens is 332 g/mol. The molecule has 2 aromatic carbocycles. The molecule has 0 bridgehead atoms. The Balaban J connectivity index is 1.56. The van der Waals surface area contributed by atoms with Crippen LogP contribution in [0, 0.1) is 0 Å². The topological polar surface area (TPSA) is 70.1 Å². The van der Waals surface area contributed by atoms with E-state index < -0.39 is 18.2 Å². The van der Waals surface area contributed by atoms with Gasteiger partial charge >= 0.3 is 6.09 Å². The molecule has 0 saturated carbocycles. The summed E-state index contributed by atoms with van der Waals surface area (Å²) in [5.41, 5.74) is 1.91. The second-order valence-corrected chi connectivity index (χ2v) is 6.56. The summed E-state index contributed by atoms with van der Waals surface area (Å²) < 4.78 is 5.22. The minimum absolute atomic E-state index is 0.160. The standard InChI is InChI=1S/C20H20N2O4/c23-12-16-18(19(24)21(16)11-14-7-3-1-4-8-14)22-17(13-26-20(22)25)15-9-5-2-6-10-15/h1-10,16-18,23H,11-13H2. The molecule has 2 fully saturated rings. The first-order valence-electron chi connectivity index (χ1n) is 8.66. The number of aliphatic hydroxyl groups is 1. The number of nitrogens with zero attached hydrogens (tertiary/aromatic N) is 2. The highest BCUT2D eigenvalue weighted by Crippen LogP contribution is 2.37. The fraction of sp³-hybridized carbons (Fsp3) is 0.300. The fourth-order valence-corrected chi connectivity index (χ4v) is 3.74. The first kappa shape index (κ1) is 16.6. The molecule has 0 aliphatic carbocycles. The Bertz CT molecular complexity index is 796. The normalized spacial score (nSPS) is 25.2. The number of rotatable bonds is 5. The lowest BCUT2D eigenvalue weighted by Gasteiger charge is -2.50. The van der Waals surface area contributed by atoms with Gasteiger partial charge in [-0.3, -0.25) is 9.69 Å². The number of cyclic esters (lactones) is 1. The van der Waals surface area contributed by atoms with Crippen LogP contribution < -0.4 is 0 Å². The van der Waals surface area contributed by atoms with Crippen molar-refractivity contribution in [2.45, 2.75) is 24.7 Å². The number of aliphatic hydroxyl groups excluding tert-OH is 1. The predicted molar refractivity (Wildman–Crippen MR) is 94.0 cm³/mol. The van der Waals surface area contributed by atoms with Gasteiger partial charge in [0.05, 0.1) is 18.7 Å². The Hall–Kier alpha value is -2.86. The summed E-state index contributed by atoms with van der Waals surface area (Å²) in [7, 11) is 0. The molecule has 6 nitrogen and oxygen atoms in total. The quantitative estimate of drug-likeness (QED) is 0.835. The third-order valence-corrected chi connectivity index (χ3v) is 5.08. The highest BCUT2D eigenvalue weighted by Gasteiger charge is 2.55. The number of amides is 2. The van der Waals surface area contributed by atoms with Gasteiger partial charge in [-0.05, 0) is 11.1 Å². The molecule has 2 heterocycles. The van der Waals surface area contributed by atoms with Crippen molar-refractivity contribution in [1.29, 1.82) is 0 Å². The molecule has 2 aromatic rings. The lowest BCUT2D eigenvalue weighted by atomic mass is 9.91. The van der Waals surface area contributed by atoms with Crippen molar-refractivity contribution in [3.8, 4) is 0 Å². The van der Waals surface area contributed by atoms with Gasteiger partial charge in [-0.1, -0.05) is 60.7 Å². The Kier molecular flexibility index (Phi) is 4.34. The van der Waals surface area contributed by atoms with Gasteiger partial charge in [0.25, 0.3) is 0 Å². The molecule has 0 aromatic heterocycles. The molecule has 2 amide bonds. The third kappa shape index (κ3) is 2.72. The number of hydrogen-bond donors (Lipinski definition) is 1. The Morgan fingerprint density at radius 1 is 1.00 bits per heavy atom. The second-order valence-electron chi connectivity index (χ2n) is 6.56. The third-order valence-electron chi connectivity index (χ3n) is 5.08. The number of hydrogen-bond acceptors (Lipinski definition) is 4. The monoisotopic (exact) mass is 352 g/mol. The van der Waals surface area contributed by atoms with Crippen LogP contribution in [0.2, 0.25) is 0 Å². The highest BCUT2D eigenvalue weighted by molar-refractivity contribution is 5.93. The van der Waals surface area contributed by atoms with Gasteiger partial charge in [-0.25, -0.2) is 4.79 Å². The van der Waals surface area contributed by atoms with Crippen LogP contribution in [-0.2, 0) is 16.1 Å². The van der Waals surface area contributed by atoms with Crippen molar-refractivity contribution in [2.75, 3.05) is 13.2 Å². The van der Waals surface area contributed by atoms with Gasteiger partial charge in [0.1, 0.15) is 12.6 Å². The van der Waals surface area contributed by atoms with Gasteiger partial charge in [0, 0.05) is 6.54 Å². The number of likely N-dealkylation sites (tertiary alicyclic amines) is 1. The average molecular weight is 352 g/mol. The van der Waals surface area contributed by atoms with E-state index in [1.54, 1.807) is 4.90 Å². The molecule has 2 aliphatic rings. The zero-order chi connectivity index (χ0) is 18.1. The van der Waals surface area contributed by atoms with Crippen LogP contribution in [0.3, 0.4) is 0 Å². The molecular formula is C20H20N2O4. The maximum Gasteiger partial charge on any atom is 0.411 e. The predicted octanol–water partition coefficient (Wildman–Crippen LogP) is 1.95. The molecule has 1 N–H and O–H groups in total. The lowest BCUT2D eigenvalue weighted by Crippen LogP contribution is -2.71. The number of benzene rings is 2. The Morgan fingerprint density at radius 2 is 1.65 bits per heavy atom. The van der Waals surface area contributed by atoms with Crippen LogP contribution in [0.15, 0.2) is 60.7 Å². The molecule has 2 aliphatic heterocycles. The molecule has 134 valence electrons. The first-order valence-corrected chi connectivity index (χ1v) is 8.66. The van der Waals surface area contributed by atoms with Crippen molar-refractivity contribution in [2.24, 2.45) is 0 Å². The molecule has 0 radical (unpaired) electrons. The van der Waals surface area contributed by atoms with E-state index in [-0.39, 0.29) is 25.2 Å². The summed E-state index contributed by atoms with van der Waals surface area (Å²) in [5.74, 6) is -0.160. The van der Waals surface area contributed by atoms with Crippen molar-refractivity contribution >= 4 is 12.0 Å². The number of β-lactam (4-membered cyclic amide) rings is 1. The summed E-state index contributed by atoms with van der Waals surface area (Å²) in [4.78, 5) is 28.2. The fourth-order valence-electron chi connectivity index (χ4n) is 3.74. The first-order chi connectivity index (χ1) is 12.7. The van der Waals surface area contributed by atoms with E-state index in [2.05, 4.69) is 0 Å². The maximum absolute atomic E-state index is 12.8. The van der Waals surface area contributed by atoms with Gasteiger partial charge in [-0.2, -0.15) is 0 Å². The van der Waals surface area contributed by atoms with E-state index in [0.717, 1.165) is 11.1 Å². The van der Waals surface area contributed by atoms with E-state index >= 15 is 0 Å². The minimum Gasteiger partial charge on any atom is -0.447 e. The van der Waals surface area contributed by atoms with Gasteiger partial charge in [-0.15, -0.1) is 0 Å². The van der Waals surface area contributed by atoms with E-state index in [1.165, 1.54) is 4.90 Å². The van der Waals surface area contributed by atoms with Crippen molar-refractivity contribution in [3.05, 3.63) is 71.8 Å². The SMILES string of the molecule is O=C1C(N2C(=O)OCC2c2ccccc2)C(CO)N1Cc1ccccc1. The molecule has 26 heavy (non-hydrogen) atoms. The van der Waals surface area contributed by atoms with Crippen LogP contribution >= 0.6 is 0 Å². The van der Waals surface area contributed by atoms with Crippen LogP contribution in [-0.4, -0.2) is 52.2 Å². The van der Waals surface area contributed by atoms with E-state index in [4.69, 9.17) is 4.74 Å². The zero-order valence-corrected chi connectivity index (χ0v) is 14.2. The lowest BCUT2D eigenvalue weighted by molar-refractivity contribution is -0.162. The number of ether oxygens (including phenoxy) is 1. The van der Waals surface area contributed by atoms with Crippen molar-refractivity contribution in [1.82, 2.24) is 9.80 Å². The summed E-state index contributed by atoms with van der Waals surface area (Å²) in [6, 6.07) is 17.7. The number of carbonyl (C=O) groups is 2. The summed E-state index contributed by atoms with van der Waals surface area (Å²) in [5, 5.41) is 9.85. The second kappa shape index (κ2) is 6.80. The Labute approximate surface area is 151 Å². The molecule has 4 rings (SSSR count). The van der Waals surface area contributed by atoms with E-state index in [9.17, 15) is 14.7 Å². The number of carbonyl (C=O) groups excluding carboxylic acids is 2. The smallest absolute Gasteiger partial charge is 0.411 e. The molecule has 6 heteroatoms. The highest BCUT2D eigenvalue weighted by atomic mass is 16.6. The summed E-state index contributed by atoms with van der Waals surface area (Å²) in [6.45, 7) is 0.429. The molecule has 0 spiro atoms. The van der Waals surface area contributed by atoms with Crippen LogP contribution in [0.5, 0.6) is 0 Å². The maximum atomic E-state index is 12.8. The minimum atomic E-state index is -0.691. The molecule has 2 saturated heterocycles. The van der Waals surface area contributed by atoms with Crippen LogP contribution in [0.1, 0.15) is 17.2 Å². The van der Waals surface area contributed by atoms with Crippen LogP contribution in [0.25, 0.3) is 0 Å². The van der Waals surface area contributed by atoms with Crippen LogP contribution in [0.4, 0.5) is 4.79 Å². The zero-order valence-electron chi connectivity index (χ0n) is 14.2. The molecule has 3 unspecified atom stereocenters. The Morgan fingerprint density at radius 3 is 2.31 bits per heavy atom. The van der Waals surface area contributed by atoms with Crippen molar-refractivity contribution < 1.29 is 19.4 Å². The summed E-state index contributed by atoms with van der Waals surface area (Å²) >= 11 is 0. The van der Waals surface area contributed by atoms with E-state index in [1.807, 2.05) is 60.7 Å². The van der Waals surface area contributed by atoms with Gasteiger partial charge < -0.3 is 14.7 Å². The molecule has 3 atom stereocenters. The van der Waals surface area contributed by atoms with Gasteiger partial charge in [0.15, 0.2) is 0 Å². The summed E-state index contributed by atoms with van der Waals surface area (Å²) in [6.07, 6.45) is -0.505. The van der Waals surface area contributed by atoms with Crippen molar-refractivity contribution in [3.63, 3.8) is 0 Å². The van der Waals surface area contributed by atoms with E-state index in [0.29, 0.717) is 6.54 Å².